The van der Waals surface area contributed by atoms with Crippen molar-refractivity contribution < 1.29 is 33.4 Å². The number of nitrogens with zero attached hydrogens (tertiary/aromatic N) is 1. The fourth-order valence-corrected chi connectivity index (χ4v) is 3.73. The van der Waals surface area contributed by atoms with Crippen LogP contribution in [0.3, 0.4) is 0 Å². The fourth-order valence-electron chi connectivity index (χ4n) is 2.64. The summed E-state index contributed by atoms with van der Waals surface area (Å²) in [5.74, 6) is -2.20. The maximum atomic E-state index is 12.5. The van der Waals surface area contributed by atoms with Gasteiger partial charge in [-0.1, -0.05) is 17.7 Å². The van der Waals surface area contributed by atoms with Crippen molar-refractivity contribution in [3.63, 3.8) is 0 Å². The van der Waals surface area contributed by atoms with Gasteiger partial charge in [0.2, 0.25) is 0 Å². The third-order valence-corrected chi connectivity index (χ3v) is 5.33. The summed E-state index contributed by atoms with van der Waals surface area (Å²) in [5.41, 5.74) is 0.265. The summed E-state index contributed by atoms with van der Waals surface area (Å²) in [7, 11) is 1.17. The number of hydrogen-bond donors (Lipinski definition) is 0. The molecule has 3 rings (SSSR count). The molecule has 1 aliphatic heterocycles. The highest BCUT2D eigenvalue weighted by atomic mass is 35.5. The van der Waals surface area contributed by atoms with Crippen LogP contribution in [0.2, 0.25) is 5.02 Å². The average molecular weight is 435 g/mol. The van der Waals surface area contributed by atoms with Gasteiger partial charge in [0.05, 0.1) is 23.0 Å². The Morgan fingerprint density at radius 2 is 2.00 bits per heavy atom. The van der Waals surface area contributed by atoms with Gasteiger partial charge in [-0.2, -0.15) is 0 Å². The van der Waals surface area contributed by atoms with Crippen molar-refractivity contribution in [2.45, 2.75) is 13.0 Å². The molecule has 1 saturated heterocycles. The summed E-state index contributed by atoms with van der Waals surface area (Å²) < 4.78 is 10.2. The summed E-state index contributed by atoms with van der Waals surface area (Å²) in [6.45, 7) is 1.39. The van der Waals surface area contributed by atoms with Gasteiger partial charge in [-0.15, -0.1) is 0 Å². The number of halogens is 1. The molecule has 2 heterocycles. The number of amides is 2. The topological polar surface area (TPSA) is 117 Å². The van der Waals surface area contributed by atoms with E-state index >= 15 is 0 Å². The van der Waals surface area contributed by atoms with E-state index in [1.807, 2.05) is 0 Å². The van der Waals surface area contributed by atoms with Crippen LogP contribution in [0.4, 0.5) is 4.79 Å². The maximum Gasteiger partial charge on any atom is 0.328 e. The van der Waals surface area contributed by atoms with E-state index in [-0.39, 0.29) is 27.0 Å². The Labute approximate surface area is 174 Å². The zero-order valence-electron chi connectivity index (χ0n) is 15.1. The number of rotatable bonds is 5. The molecule has 150 valence electrons. The lowest BCUT2D eigenvalue weighted by molar-refractivity contribution is -0.255. The Morgan fingerprint density at radius 3 is 2.66 bits per heavy atom. The van der Waals surface area contributed by atoms with E-state index in [0.717, 1.165) is 4.90 Å². The number of aromatic carboxylic acids is 1. The van der Waals surface area contributed by atoms with Gasteiger partial charge < -0.3 is 19.1 Å². The molecular weight excluding hydrogens is 422 g/mol. The lowest BCUT2D eigenvalue weighted by Gasteiger charge is -2.18. The zero-order chi connectivity index (χ0) is 21.3. The number of carbonyl (C=O) groups is 4. The smallest absolute Gasteiger partial charge is 0.328 e. The first-order valence-corrected chi connectivity index (χ1v) is 9.38. The number of hydrogen-bond acceptors (Lipinski definition) is 8. The molecule has 0 unspecified atom stereocenters. The minimum atomic E-state index is -1.36. The van der Waals surface area contributed by atoms with Gasteiger partial charge in [0.15, 0.2) is 0 Å². The number of carbonyl (C=O) groups excluding carboxylic acids is 4. The van der Waals surface area contributed by atoms with Crippen molar-refractivity contribution in [3.05, 3.63) is 51.6 Å². The largest absolute Gasteiger partial charge is 0.545 e. The maximum absolute atomic E-state index is 12.5. The van der Waals surface area contributed by atoms with Crippen LogP contribution in [0, 0.1) is 0 Å². The predicted molar refractivity (Wildman–Crippen MR) is 103 cm³/mol. The summed E-state index contributed by atoms with van der Waals surface area (Å²) in [5, 5.41) is 10.7. The van der Waals surface area contributed by atoms with Crippen LogP contribution in [-0.2, 0) is 14.3 Å². The van der Waals surface area contributed by atoms with Crippen LogP contribution in [0.1, 0.15) is 23.0 Å². The third-order valence-electron chi connectivity index (χ3n) is 4.12. The second-order valence-corrected chi connectivity index (χ2v) is 7.34. The van der Waals surface area contributed by atoms with Gasteiger partial charge in [-0.05, 0) is 48.5 Å². The van der Waals surface area contributed by atoms with Gasteiger partial charge in [-0.3, -0.25) is 14.5 Å². The molecule has 10 heteroatoms. The number of carboxylic acid groups (broad SMARTS) is 1. The Morgan fingerprint density at radius 1 is 1.28 bits per heavy atom. The van der Waals surface area contributed by atoms with E-state index in [4.69, 9.17) is 16.0 Å². The molecule has 29 heavy (non-hydrogen) atoms. The molecule has 1 aromatic heterocycles. The van der Waals surface area contributed by atoms with Crippen LogP contribution < -0.4 is 5.11 Å². The van der Waals surface area contributed by atoms with Crippen LogP contribution >= 0.6 is 23.4 Å². The summed E-state index contributed by atoms with van der Waals surface area (Å²) in [6, 6.07) is 6.05. The Hall–Kier alpha value is -3.04. The molecule has 1 aromatic carbocycles. The van der Waals surface area contributed by atoms with Crippen LogP contribution in [-0.4, -0.2) is 41.1 Å². The minimum Gasteiger partial charge on any atom is -0.545 e. The molecular formula is C19H13ClNO7S-. The number of ether oxygens (including phenoxy) is 1. The molecule has 0 spiro atoms. The first-order valence-electron chi connectivity index (χ1n) is 8.19. The SMILES string of the molecule is COC(=O)[C@H](C)N1C(=O)S/C(=C/c2ccc(-c3cc(C(=O)[O-])ccc3Cl)o2)C1=O. The molecule has 1 aliphatic rings. The molecule has 0 radical (unpaired) electrons. The van der Waals surface area contributed by atoms with Crippen molar-refractivity contribution in [2.75, 3.05) is 7.11 Å². The molecule has 2 aromatic rings. The number of methoxy groups -OCH3 is 1. The molecule has 0 saturated carbocycles. The molecule has 1 atom stereocenters. The highest BCUT2D eigenvalue weighted by Gasteiger charge is 2.41. The van der Waals surface area contributed by atoms with E-state index in [1.165, 1.54) is 44.4 Å². The Kier molecular flexibility index (Phi) is 5.81. The standard InChI is InChI=1S/C19H14ClNO7S/c1-9(18(25)27-2)21-16(22)15(29-19(21)26)8-11-4-6-14(28-11)12-7-10(17(23)24)3-5-13(12)20/h3-9H,1-2H3,(H,23,24)/p-1/b15-8+/t9-/m0/s1. The summed E-state index contributed by atoms with van der Waals surface area (Å²) in [6.07, 6.45) is 1.36. The van der Waals surface area contributed by atoms with E-state index in [0.29, 0.717) is 17.3 Å². The number of esters is 1. The van der Waals surface area contributed by atoms with E-state index in [1.54, 1.807) is 6.07 Å². The Bertz CT molecular complexity index is 1060. The van der Waals surface area contributed by atoms with Crippen LogP contribution in [0.25, 0.3) is 17.4 Å². The normalized spacial score (nSPS) is 16.4. The van der Waals surface area contributed by atoms with E-state index in [2.05, 4.69) is 4.74 Å². The first kappa shape index (κ1) is 20.7. The van der Waals surface area contributed by atoms with Crippen LogP contribution in [0.5, 0.6) is 0 Å². The zero-order valence-corrected chi connectivity index (χ0v) is 16.7. The molecule has 8 nitrogen and oxygen atoms in total. The van der Waals surface area contributed by atoms with Crippen molar-refractivity contribution in [1.82, 2.24) is 4.90 Å². The second-order valence-electron chi connectivity index (χ2n) is 5.93. The van der Waals surface area contributed by atoms with E-state index in [9.17, 15) is 24.3 Å². The highest BCUT2D eigenvalue weighted by Crippen LogP contribution is 2.35. The van der Waals surface area contributed by atoms with Crippen molar-refractivity contribution >= 4 is 52.5 Å². The lowest BCUT2D eigenvalue weighted by atomic mass is 10.1. The summed E-state index contributed by atoms with van der Waals surface area (Å²) in [4.78, 5) is 48.2. The first-order chi connectivity index (χ1) is 13.7. The van der Waals surface area contributed by atoms with Gasteiger partial charge >= 0.3 is 5.97 Å². The number of imide groups is 1. The van der Waals surface area contributed by atoms with Crippen molar-refractivity contribution in [1.29, 1.82) is 0 Å². The van der Waals surface area contributed by atoms with Gasteiger partial charge in [-0.25, -0.2) is 4.79 Å². The fraction of sp³-hybridized carbons (Fsp3) is 0.158. The molecule has 2 amide bonds. The van der Waals surface area contributed by atoms with Crippen molar-refractivity contribution in [3.8, 4) is 11.3 Å². The van der Waals surface area contributed by atoms with Gasteiger partial charge in [0, 0.05) is 11.6 Å². The Balaban J connectivity index is 1.89. The van der Waals surface area contributed by atoms with Crippen LogP contribution in [0.15, 0.2) is 39.7 Å². The summed E-state index contributed by atoms with van der Waals surface area (Å²) >= 11 is 6.78. The number of carboxylic acids is 1. The van der Waals surface area contributed by atoms with Gasteiger partial charge in [0.25, 0.3) is 11.1 Å². The third kappa shape index (κ3) is 4.06. The molecule has 1 fully saturated rings. The quantitative estimate of drug-likeness (QED) is 0.520. The highest BCUT2D eigenvalue weighted by molar-refractivity contribution is 8.18. The average Bonchev–Trinajstić information content (AvgIpc) is 3.25. The number of thioether (sulfide) groups is 1. The van der Waals surface area contributed by atoms with Gasteiger partial charge in [0.1, 0.15) is 17.6 Å². The van der Waals surface area contributed by atoms with Crippen molar-refractivity contribution in [2.24, 2.45) is 0 Å². The molecule has 0 N–H and O–H groups in total. The number of benzene rings is 1. The minimum absolute atomic E-state index is 0.0692. The van der Waals surface area contributed by atoms with E-state index < -0.39 is 29.1 Å². The molecule has 0 bridgehead atoms. The monoisotopic (exact) mass is 434 g/mol. The second kappa shape index (κ2) is 8.14. The predicted octanol–water partition coefficient (Wildman–Crippen LogP) is 2.56. The molecule has 0 aliphatic carbocycles. The lowest BCUT2D eigenvalue weighted by Crippen LogP contribution is -2.42. The number of furan rings is 1.